The predicted molar refractivity (Wildman–Crippen MR) is 111 cm³/mol. The molecule has 0 saturated carbocycles. The van der Waals surface area contributed by atoms with Crippen molar-refractivity contribution in [1.82, 2.24) is 9.97 Å². The number of hydrogen-bond acceptors (Lipinski definition) is 6. The van der Waals surface area contributed by atoms with Gasteiger partial charge >= 0.3 is 0 Å². The molecule has 150 valence electrons. The molecule has 0 spiro atoms. The summed E-state index contributed by atoms with van der Waals surface area (Å²) < 4.78 is 10.7. The van der Waals surface area contributed by atoms with Crippen molar-refractivity contribution < 1.29 is 19.7 Å². The fourth-order valence-corrected chi connectivity index (χ4v) is 3.62. The Morgan fingerprint density at radius 3 is 2.45 bits per heavy atom. The molecule has 0 amide bonds. The van der Waals surface area contributed by atoms with E-state index in [1.54, 1.807) is 37.3 Å². The molecule has 0 saturated heterocycles. The van der Waals surface area contributed by atoms with Crippen molar-refractivity contribution in [3.05, 3.63) is 54.0 Å². The summed E-state index contributed by atoms with van der Waals surface area (Å²) in [5.41, 5.74) is 2.48. The zero-order valence-electron chi connectivity index (χ0n) is 16.1. The van der Waals surface area contributed by atoms with Gasteiger partial charge < -0.3 is 29.6 Å². The monoisotopic (exact) mass is 394 g/mol. The van der Waals surface area contributed by atoms with Crippen LogP contribution in [0.15, 0.2) is 48.2 Å². The summed E-state index contributed by atoms with van der Waals surface area (Å²) in [4.78, 5) is 9.35. The summed E-state index contributed by atoms with van der Waals surface area (Å²) in [6, 6.07) is 12.2. The maximum absolute atomic E-state index is 11.0. The first kappa shape index (κ1) is 18.8. The number of fused-ring (bicyclic) bond motifs is 1. The van der Waals surface area contributed by atoms with Gasteiger partial charge in [-0.05, 0) is 18.6 Å². The number of hydrogen-bond donors (Lipinski definition) is 4. The van der Waals surface area contributed by atoms with Crippen LogP contribution in [-0.2, 0) is 0 Å². The number of imidazole rings is 1. The molecule has 1 aliphatic rings. The van der Waals surface area contributed by atoms with Gasteiger partial charge in [0.15, 0.2) is 0 Å². The first-order valence-electron chi connectivity index (χ1n) is 9.17. The molecular weight excluding hydrogens is 372 g/mol. The van der Waals surface area contributed by atoms with Crippen LogP contribution in [0.2, 0.25) is 0 Å². The zero-order chi connectivity index (χ0) is 20.5. The van der Waals surface area contributed by atoms with Gasteiger partial charge in [-0.15, -0.1) is 0 Å². The molecule has 1 aliphatic heterocycles. The van der Waals surface area contributed by atoms with Gasteiger partial charge in [0.1, 0.15) is 28.9 Å². The molecule has 29 heavy (non-hydrogen) atoms. The average Bonchev–Trinajstić information content (AvgIpc) is 3.26. The molecule has 0 bridgehead atoms. The molecule has 8 nitrogen and oxygen atoms in total. The molecule has 4 N–H and O–H groups in total. The van der Waals surface area contributed by atoms with Gasteiger partial charge in [0, 0.05) is 24.8 Å². The van der Waals surface area contributed by atoms with Gasteiger partial charge in [0.25, 0.3) is 0 Å². The minimum absolute atomic E-state index is 0.00936. The Kier molecular flexibility index (Phi) is 4.85. The third-order valence-corrected chi connectivity index (χ3v) is 5.00. The van der Waals surface area contributed by atoms with E-state index in [4.69, 9.17) is 14.9 Å². The minimum Gasteiger partial charge on any atom is -0.509 e. The molecular formula is C21H22N4O4. The lowest BCUT2D eigenvalue weighted by atomic mass is 10.1. The number of methoxy groups -OCH3 is 2. The number of ether oxygens (including phenoxy) is 2. The molecule has 0 aliphatic carbocycles. The molecule has 2 heterocycles. The minimum atomic E-state index is -0.604. The van der Waals surface area contributed by atoms with E-state index in [9.17, 15) is 10.2 Å². The lowest BCUT2D eigenvalue weighted by Crippen LogP contribution is -2.36. The highest BCUT2D eigenvalue weighted by Crippen LogP contribution is 2.39. The van der Waals surface area contributed by atoms with Gasteiger partial charge in [0.05, 0.1) is 42.6 Å². The van der Waals surface area contributed by atoms with E-state index in [0.717, 1.165) is 11.0 Å². The Morgan fingerprint density at radius 2 is 1.83 bits per heavy atom. The summed E-state index contributed by atoms with van der Waals surface area (Å²) in [5.74, 6) is 1.60. The number of H-pyrrole nitrogens is 1. The number of anilines is 1. The number of aromatic amines is 1. The third kappa shape index (κ3) is 3.17. The second-order valence-electron chi connectivity index (χ2n) is 6.68. The predicted octanol–water partition coefficient (Wildman–Crippen LogP) is 3.10. The molecule has 1 unspecified atom stereocenters. The summed E-state index contributed by atoms with van der Waals surface area (Å²) in [5, 5.41) is 29.3. The molecule has 0 fully saturated rings. The maximum atomic E-state index is 11.0. The van der Waals surface area contributed by atoms with E-state index in [2.05, 4.69) is 9.97 Å². The largest absolute Gasteiger partial charge is 0.509 e. The molecule has 0 radical (unpaired) electrons. The summed E-state index contributed by atoms with van der Waals surface area (Å²) in [7, 11) is 3.10. The summed E-state index contributed by atoms with van der Waals surface area (Å²) in [6.07, 6.45) is 0.247. The van der Waals surface area contributed by atoms with Crippen molar-refractivity contribution in [2.75, 3.05) is 25.7 Å². The van der Waals surface area contributed by atoms with Crippen molar-refractivity contribution in [1.29, 1.82) is 5.41 Å². The Morgan fingerprint density at radius 1 is 1.14 bits per heavy atom. The highest BCUT2D eigenvalue weighted by molar-refractivity contribution is 6.31. The molecule has 1 atom stereocenters. The first-order chi connectivity index (χ1) is 14.1. The molecule has 2 aromatic carbocycles. The summed E-state index contributed by atoms with van der Waals surface area (Å²) in [6.45, 7) is -0.146. The van der Waals surface area contributed by atoms with Gasteiger partial charge in [-0.2, -0.15) is 0 Å². The lowest BCUT2D eigenvalue weighted by molar-refractivity contribution is 0.265. The van der Waals surface area contributed by atoms with Crippen molar-refractivity contribution in [3.63, 3.8) is 0 Å². The fraction of sp³-hybridized carbons (Fsp3) is 0.238. The second kappa shape index (κ2) is 7.48. The van der Waals surface area contributed by atoms with Crippen LogP contribution in [0.5, 0.6) is 11.5 Å². The van der Waals surface area contributed by atoms with E-state index in [1.807, 2.05) is 24.3 Å². The van der Waals surface area contributed by atoms with Crippen LogP contribution < -0.4 is 14.4 Å². The topological polar surface area (TPSA) is 115 Å². The quantitative estimate of drug-likeness (QED) is 0.511. The van der Waals surface area contributed by atoms with Crippen molar-refractivity contribution in [2.24, 2.45) is 0 Å². The smallest absolute Gasteiger partial charge is 0.145 e. The van der Waals surface area contributed by atoms with Crippen LogP contribution in [0.4, 0.5) is 5.69 Å². The van der Waals surface area contributed by atoms with E-state index in [1.165, 1.54) is 0 Å². The van der Waals surface area contributed by atoms with Crippen LogP contribution in [0, 0.1) is 5.41 Å². The Bertz CT molecular complexity index is 1050. The fourth-order valence-electron chi connectivity index (χ4n) is 3.62. The number of benzene rings is 2. The number of aliphatic hydroxyl groups is 2. The number of nitrogens with zero attached hydrogens (tertiary/aromatic N) is 2. The molecule has 1 aromatic heterocycles. The SMILES string of the molecule is COc1cc(OC)cc(N2C(=N)C(c3nc4ccccc4[nH]3)=C(O)C2CCO)c1. The van der Waals surface area contributed by atoms with Gasteiger partial charge in [-0.3, -0.25) is 5.41 Å². The Balaban J connectivity index is 1.82. The highest BCUT2D eigenvalue weighted by Gasteiger charge is 2.39. The number of para-hydroxylation sites is 2. The van der Waals surface area contributed by atoms with E-state index < -0.39 is 6.04 Å². The van der Waals surface area contributed by atoms with Crippen LogP contribution in [-0.4, -0.2) is 52.9 Å². The number of nitrogens with one attached hydrogen (secondary N) is 2. The number of rotatable bonds is 6. The molecule has 3 aromatic rings. The zero-order valence-corrected chi connectivity index (χ0v) is 16.1. The Labute approximate surface area is 167 Å². The van der Waals surface area contributed by atoms with Crippen LogP contribution in [0.1, 0.15) is 12.2 Å². The van der Waals surface area contributed by atoms with Crippen LogP contribution in [0.3, 0.4) is 0 Å². The van der Waals surface area contributed by atoms with E-state index in [0.29, 0.717) is 28.6 Å². The lowest BCUT2D eigenvalue weighted by Gasteiger charge is -2.27. The van der Waals surface area contributed by atoms with Crippen LogP contribution >= 0.6 is 0 Å². The van der Waals surface area contributed by atoms with Gasteiger partial charge in [-0.25, -0.2) is 4.98 Å². The first-order valence-corrected chi connectivity index (χ1v) is 9.17. The van der Waals surface area contributed by atoms with Gasteiger partial charge in [0.2, 0.25) is 0 Å². The number of aliphatic hydroxyl groups excluding tert-OH is 2. The van der Waals surface area contributed by atoms with Crippen molar-refractivity contribution in [3.8, 4) is 11.5 Å². The van der Waals surface area contributed by atoms with Gasteiger partial charge in [-0.1, -0.05) is 12.1 Å². The standard InChI is InChI=1S/C21H22N4O4/c1-28-13-9-12(10-14(11-13)29-2)25-17(7-8-26)19(27)18(20(25)22)21-23-15-5-3-4-6-16(15)24-21/h3-6,9-11,17,22,26-27H,7-8H2,1-2H3,(H,23,24). The number of amidine groups is 1. The third-order valence-electron chi connectivity index (χ3n) is 5.00. The number of aromatic nitrogens is 2. The van der Waals surface area contributed by atoms with E-state index in [-0.39, 0.29) is 24.6 Å². The molecule has 4 rings (SSSR count). The van der Waals surface area contributed by atoms with E-state index >= 15 is 0 Å². The van der Waals surface area contributed by atoms with Crippen molar-refractivity contribution in [2.45, 2.75) is 12.5 Å². The summed E-state index contributed by atoms with van der Waals surface area (Å²) >= 11 is 0. The highest BCUT2D eigenvalue weighted by atomic mass is 16.5. The normalized spacial score (nSPS) is 16.7. The second-order valence-corrected chi connectivity index (χ2v) is 6.68. The maximum Gasteiger partial charge on any atom is 0.145 e. The Hall–Kier alpha value is -3.52. The van der Waals surface area contributed by atoms with Crippen LogP contribution in [0.25, 0.3) is 16.6 Å². The molecule has 8 heteroatoms. The van der Waals surface area contributed by atoms with Crippen molar-refractivity contribution >= 4 is 28.1 Å². The average molecular weight is 394 g/mol.